The van der Waals surface area contributed by atoms with Gasteiger partial charge in [-0.25, -0.2) is 0 Å². The second kappa shape index (κ2) is 9.98. The molecule has 2 aliphatic carbocycles. The minimum Gasteiger partial charge on any atom is -0.493 e. The molecule has 2 nitrogen and oxygen atoms in total. The first kappa shape index (κ1) is 20.7. The summed E-state index contributed by atoms with van der Waals surface area (Å²) in [6.07, 6.45) is 14.2. The fraction of sp³-hybridized carbons (Fsp3) is 0.538. The summed E-state index contributed by atoms with van der Waals surface area (Å²) in [5.74, 6) is 1.68. The Morgan fingerprint density at radius 1 is 0.655 bits per heavy atom. The van der Waals surface area contributed by atoms with Gasteiger partial charge in [0.1, 0.15) is 0 Å². The lowest BCUT2D eigenvalue weighted by Crippen LogP contribution is -2.27. The van der Waals surface area contributed by atoms with Crippen LogP contribution in [0.4, 0.5) is 0 Å². The molecule has 0 amide bonds. The number of benzene rings is 2. The van der Waals surface area contributed by atoms with Crippen LogP contribution in [0.3, 0.4) is 0 Å². The van der Waals surface area contributed by atoms with E-state index in [0.29, 0.717) is 0 Å². The summed E-state index contributed by atoms with van der Waals surface area (Å²) >= 11 is 0. The third-order valence-corrected chi connectivity index (χ3v) is 10.4. The maximum atomic E-state index is 5.83. The van der Waals surface area contributed by atoms with Crippen LogP contribution in [-0.2, 0) is 0 Å². The van der Waals surface area contributed by atoms with E-state index in [0.717, 1.165) is 22.8 Å². The van der Waals surface area contributed by atoms with Gasteiger partial charge in [-0.1, -0.05) is 82.8 Å². The van der Waals surface area contributed by atoms with Gasteiger partial charge in [-0.3, -0.25) is 0 Å². The van der Waals surface area contributed by atoms with Crippen molar-refractivity contribution in [1.82, 2.24) is 0 Å². The fourth-order valence-corrected chi connectivity index (χ4v) is 9.39. The summed E-state index contributed by atoms with van der Waals surface area (Å²) in [5.41, 5.74) is 4.33. The van der Waals surface area contributed by atoms with Gasteiger partial charge in [-0.2, -0.15) is 0 Å². The molecule has 29 heavy (non-hydrogen) atoms. The Hall–Kier alpha value is -1.53. The Morgan fingerprint density at radius 3 is 1.83 bits per heavy atom. The van der Waals surface area contributed by atoms with Gasteiger partial charge in [0.15, 0.2) is 11.5 Å². The molecule has 0 saturated heterocycles. The van der Waals surface area contributed by atoms with Crippen molar-refractivity contribution >= 4 is 13.2 Å². The minimum atomic E-state index is -0.164. The van der Waals surface area contributed by atoms with E-state index in [4.69, 9.17) is 9.47 Å². The molecule has 2 aliphatic rings. The number of rotatable bonds is 6. The highest BCUT2D eigenvalue weighted by molar-refractivity contribution is 7.67. The minimum absolute atomic E-state index is 0.164. The molecule has 2 saturated carbocycles. The van der Waals surface area contributed by atoms with Gasteiger partial charge in [0, 0.05) is 5.56 Å². The number of para-hydroxylation sites is 1. The summed E-state index contributed by atoms with van der Waals surface area (Å²) in [4.78, 5) is 0. The average molecular weight is 411 g/mol. The van der Waals surface area contributed by atoms with E-state index in [1.54, 1.807) is 19.5 Å². The Bertz CT molecular complexity index is 773. The van der Waals surface area contributed by atoms with Crippen LogP contribution in [0.15, 0.2) is 42.5 Å². The molecular formula is C26H35O2P. The van der Waals surface area contributed by atoms with Crippen LogP contribution < -0.4 is 14.8 Å². The van der Waals surface area contributed by atoms with Crippen LogP contribution >= 0.6 is 7.92 Å². The van der Waals surface area contributed by atoms with E-state index < -0.39 is 0 Å². The topological polar surface area (TPSA) is 18.5 Å². The Balaban J connectivity index is 1.80. The second-order valence-corrected chi connectivity index (χ2v) is 11.3. The quantitative estimate of drug-likeness (QED) is 0.471. The lowest BCUT2D eigenvalue weighted by Gasteiger charge is -2.39. The van der Waals surface area contributed by atoms with Crippen molar-refractivity contribution in [3.63, 3.8) is 0 Å². The summed E-state index contributed by atoms with van der Waals surface area (Å²) < 4.78 is 11.4. The van der Waals surface area contributed by atoms with Crippen LogP contribution in [-0.4, -0.2) is 25.5 Å². The maximum Gasteiger partial charge on any atom is 0.168 e. The van der Waals surface area contributed by atoms with Gasteiger partial charge in [-0.15, -0.1) is 0 Å². The van der Waals surface area contributed by atoms with Crippen molar-refractivity contribution in [2.45, 2.75) is 75.5 Å². The molecule has 4 rings (SSSR count). The predicted molar refractivity (Wildman–Crippen MR) is 125 cm³/mol. The maximum absolute atomic E-state index is 5.83. The second-order valence-electron chi connectivity index (χ2n) is 8.55. The standard InChI is InChI=1S/C26H35O2P/c1-27-24-18-11-17-23(26(24)28-2)22-16-9-10-19-25(22)29(20-12-5-3-6-13-20)21-14-7-4-8-15-21/h9-11,16-21H,3-8,12-15H2,1-2H3. The fourth-order valence-electron chi connectivity index (χ4n) is 5.44. The molecule has 0 unspecified atom stereocenters. The molecular weight excluding hydrogens is 375 g/mol. The van der Waals surface area contributed by atoms with E-state index in [1.807, 2.05) is 6.07 Å². The van der Waals surface area contributed by atoms with Gasteiger partial charge in [0.05, 0.1) is 14.2 Å². The van der Waals surface area contributed by atoms with E-state index in [1.165, 1.54) is 75.3 Å². The van der Waals surface area contributed by atoms with Crippen molar-refractivity contribution in [3.8, 4) is 22.6 Å². The number of methoxy groups -OCH3 is 2. The molecule has 0 N–H and O–H groups in total. The largest absolute Gasteiger partial charge is 0.493 e. The van der Waals surface area contributed by atoms with Crippen LogP contribution in [0.25, 0.3) is 11.1 Å². The average Bonchev–Trinajstić information content (AvgIpc) is 2.80. The zero-order valence-corrected chi connectivity index (χ0v) is 18.9. The van der Waals surface area contributed by atoms with Crippen molar-refractivity contribution < 1.29 is 9.47 Å². The van der Waals surface area contributed by atoms with E-state index in [9.17, 15) is 0 Å². The molecule has 0 bridgehead atoms. The zero-order valence-electron chi connectivity index (χ0n) is 18.0. The first-order valence-electron chi connectivity index (χ1n) is 11.4. The van der Waals surface area contributed by atoms with Gasteiger partial charge in [0.25, 0.3) is 0 Å². The lowest BCUT2D eigenvalue weighted by atomic mass is 9.99. The predicted octanol–water partition coefficient (Wildman–Crippen LogP) is 7.14. The number of hydrogen-bond acceptors (Lipinski definition) is 2. The summed E-state index contributed by atoms with van der Waals surface area (Å²) in [6, 6.07) is 15.5. The third kappa shape index (κ3) is 4.48. The highest BCUT2D eigenvalue weighted by Crippen LogP contribution is 2.56. The van der Waals surface area contributed by atoms with E-state index in [2.05, 4.69) is 36.4 Å². The summed E-state index contributed by atoms with van der Waals surface area (Å²) in [5, 5.41) is 1.60. The first-order chi connectivity index (χ1) is 14.3. The third-order valence-electron chi connectivity index (χ3n) is 6.81. The van der Waals surface area contributed by atoms with Crippen LogP contribution in [0, 0.1) is 0 Å². The monoisotopic (exact) mass is 410 g/mol. The van der Waals surface area contributed by atoms with Crippen LogP contribution in [0.1, 0.15) is 64.2 Å². The van der Waals surface area contributed by atoms with Crippen molar-refractivity contribution in [1.29, 1.82) is 0 Å². The number of hydrogen-bond donors (Lipinski definition) is 0. The highest BCUT2D eigenvalue weighted by atomic mass is 31.1. The SMILES string of the molecule is COc1cccc(-c2ccccc2P(C2CCCCC2)C2CCCCC2)c1OC. The van der Waals surface area contributed by atoms with Gasteiger partial charge < -0.3 is 9.47 Å². The smallest absolute Gasteiger partial charge is 0.168 e. The Kier molecular flexibility index (Phi) is 7.14. The normalized spacial score (nSPS) is 18.7. The molecule has 0 heterocycles. The summed E-state index contributed by atoms with van der Waals surface area (Å²) in [7, 11) is 3.32. The highest BCUT2D eigenvalue weighted by Gasteiger charge is 2.34. The molecule has 0 atom stereocenters. The van der Waals surface area contributed by atoms with Crippen molar-refractivity contribution in [3.05, 3.63) is 42.5 Å². The van der Waals surface area contributed by atoms with E-state index >= 15 is 0 Å². The molecule has 0 aliphatic heterocycles. The van der Waals surface area contributed by atoms with Crippen LogP contribution in [0.2, 0.25) is 0 Å². The van der Waals surface area contributed by atoms with Gasteiger partial charge in [0.2, 0.25) is 0 Å². The van der Waals surface area contributed by atoms with Gasteiger partial charge >= 0.3 is 0 Å². The Labute approximate surface area is 177 Å². The van der Waals surface area contributed by atoms with Crippen LogP contribution in [0.5, 0.6) is 11.5 Å². The summed E-state index contributed by atoms with van der Waals surface area (Å²) in [6.45, 7) is 0. The molecule has 2 aromatic carbocycles. The molecule has 2 aromatic rings. The Morgan fingerprint density at radius 2 is 1.24 bits per heavy atom. The lowest BCUT2D eigenvalue weighted by molar-refractivity contribution is 0.356. The molecule has 0 aromatic heterocycles. The molecule has 0 spiro atoms. The van der Waals surface area contributed by atoms with Crippen molar-refractivity contribution in [2.75, 3.05) is 14.2 Å². The number of ether oxygens (including phenoxy) is 2. The van der Waals surface area contributed by atoms with Gasteiger partial charge in [-0.05, 0) is 53.9 Å². The zero-order chi connectivity index (χ0) is 20.1. The molecule has 0 radical (unpaired) electrons. The molecule has 2 fully saturated rings. The molecule has 156 valence electrons. The molecule has 3 heteroatoms. The van der Waals surface area contributed by atoms with Crippen molar-refractivity contribution in [2.24, 2.45) is 0 Å². The van der Waals surface area contributed by atoms with E-state index in [-0.39, 0.29) is 7.92 Å². The first-order valence-corrected chi connectivity index (χ1v) is 12.9.